The molecule has 0 radical (unpaired) electrons. The first-order valence-electron chi connectivity index (χ1n) is 23.4. The van der Waals surface area contributed by atoms with Crippen molar-refractivity contribution in [2.75, 3.05) is 12.3 Å². The Labute approximate surface area is 309 Å². The molecule has 18 fully saturated rings. The molecule has 0 aromatic heterocycles. The van der Waals surface area contributed by atoms with Crippen LogP contribution in [0.1, 0.15) is 131 Å². The minimum atomic E-state index is -3.94. The Morgan fingerprint density at radius 3 is 1.38 bits per heavy atom. The maximum atomic E-state index is 2.73. The molecular formula is C49H70FeP2. The van der Waals surface area contributed by atoms with E-state index in [0.717, 1.165) is 42.5 Å². The Hall–Kier alpha value is 0.599. The molecule has 6 unspecified atom stereocenters. The first kappa shape index (κ1) is 29.8. The molecule has 10 heterocycles. The third-order valence-corrected chi connectivity index (χ3v) is 83.1. The van der Waals surface area contributed by atoms with Crippen molar-refractivity contribution in [3.05, 3.63) is 35.9 Å². The molecule has 8 saturated carbocycles. The zero-order chi connectivity index (χ0) is 34.7. The van der Waals surface area contributed by atoms with Gasteiger partial charge in [0.2, 0.25) is 0 Å². The Morgan fingerprint density at radius 1 is 0.596 bits per heavy atom. The summed E-state index contributed by atoms with van der Waals surface area (Å²) in [7, 11) is 0.178. The summed E-state index contributed by atoms with van der Waals surface area (Å²) in [6.45, 7) is 15.1. The van der Waals surface area contributed by atoms with Crippen LogP contribution in [0.25, 0.3) is 0 Å². The number of hydrogen-bond acceptors (Lipinski definition) is 0. The predicted octanol–water partition coefficient (Wildman–Crippen LogP) is 14.9. The first-order valence-corrected chi connectivity index (χ1v) is 32.7. The summed E-state index contributed by atoms with van der Waals surface area (Å²) >= 11 is 0. The molecule has 0 amide bonds. The topological polar surface area (TPSA) is 0 Å². The van der Waals surface area contributed by atoms with Gasteiger partial charge in [0.15, 0.2) is 0 Å². The molecule has 6 atom stereocenters. The summed E-state index contributed by atoms with van der Waals surface area (Å²) in [5.41, 5.74) is 4.17. The van der Waals surface area contributed by atoms with Crippen molar-refractivity contribution < 1.29 is 6.51 Å². The fourth-order valence-electron chi connectivity index (χ4n) is 32.4. The summed E-state index contributed by atoms with van der Waals surface area (Å²) in [5, 5.41) is 0.988. The molecule has 0 nitrogen and oxygen atoms in total. The van der Waals surface area contributed by atoms with Gasteiger partial charge in [0.1, 0.15) is 0 Å². The Kier molecular flexibility index (Phi) is 3.08. The number of benzene rings is 1. The van der Waals surface area contributed by atoms with Crippen LogP contribution in [0.4, 0.5) is 0 Å². The van der Waals surface area contributed by atoms with E-state index in [1.165, 1.54) is 68.7 Å². The van der Waals surface area contributed by atoms with Crippen molar-refractivity contribution in [2.24, 2.45) is 47.3 Å². The molecule has 8 bridgehead atoms. The molecule has 284 valence electrons. The van der Waals surface area contributed by atoms with Gasteiger partial charge >= 0.3 is 311 Å². The van der Waals surface area contributed by atoms with Crippen LogP contribution in [0.5, 0.6) is 0 Å². The predicted molar refractivity (Wildman–Crippen MR) is 219 cm³/mol. The van der Waals surface area contributed by atoms with E-state index < -0.39 is 6.51 Å². The molecule has 0 N–H and O–H groups in total. The second-order valence-corrected chi connectivity index (χ2v) is 57.9. The molecule has 18 aliphatic rings. The quantitative estimate of drug-likeness (QED) is 0.173. The van der Waals surface area contributed by atoms with Crippen molar-refractivity contribution >= 4 is 15.8 Å². The summed E-state index contributed by atoms with van der Waals surface area (Å²) < 4.78 is 2.98. The van der Waals surface area contributed by atoms with Crippen molar-refractivity contribution in [1.29, 1.82) is 0 Å². The van der Waals surface area contributed by atoms with Crippen LogP contribution in [0.15, 0.2) is 30.3 Å². The van der Waals surface area contributed by atoms with Gasteiger partial charge in [0, 0.05) is 0 Å². The number of hydrogen-bond donors (Lipinski definition) is 0. The van der Waals surface area contributed by atoms with Crippen LogP contribution in [-0.2, 0) is 6.51 Å². The average molecular weight is 777 g/mol. The van der Waals surface area contributed by atoms with Gasteiger partial charge in [-0.25, -0.2) is 0 Å². The summed E-state index contributed by atoms with van der Waals surface area (Å²) in [6, 6.07) is 12.1. The van der Waals surface area contributed by atoms with E-state index >= 15 is 0 Å². The molecule has 8 aliphatic carbocycles. The molecule has 10 saturated heterocycles. The van der Waals surface area contributed by atoms with Gasteiger partial charge in [-0.2, -0.15) is 0 Å². The second-order valence-electron chi connectivity index (χ2n) is 28.3. The zero-order valence-electron chi connectivity index (χ0n) is 33.7. The second kappa shape index (κ2) is 5.39. The van der Waals surface area contributed by atoms with E-state index in [1.807, 2.05) is 6.16 Å². The van der Waals surface area contributed by atoms with E-state index in [9.17, 15) is 0 Å². The van der Waals surface area contributed by atoms with Crippen LogP contribution in [0.3, 0.4) is 0 Å². The van der Waals surface area contributed by atoms with Gasteiger partial charge < -0.3 is 0 Å². The van der Waals surface area contributed by atoms with Gasteiger partial charge in [-0.1, -0.05) is 0 Å². The Morgan fingerprint density at radius 2 is 1.00 bits per heavy atom. The zero-order valence-corrected chi connectivity index (χ0v) is 36.6. The van der Waals surface area contributed by atoms with Crippen LogP contribution in [-0.4, -0.2) is 34.0 Å². The van der Waals surface area contributed by atoms with Gasteiger partial charge in [-0.15, -0.1) is 0 Å². The minimum absolute atomic E-state index is 0.00154. The standard InChI is InChI=1S/C44H65P2.C5H5.Fe/c1-28(34-11-9-8-10-12-34)13-29-24-39(40(25-29)27-46(43(2,3)4)44(5,6)7)26-45(41-35-16-30-14-31(18-35)19-36(41)17-30)42-37-20-32-15-33(22-37)23-38(42)21-32;1-2-4-5-3-1;/h8-12,24-25,28,30-33,35-38,41-42H,13-23,26-27H2,1-7H3;1-5H;. The van der Waals surface area contributed by atoms with E-state index in [4.69, 9.17) is 0 Å². The van der Waals surface area contributed by atoms with Crippen molar-refractivity contribution in [1.82, 2.24) is 0 Å². The molecule has 3 heteroatoms. The maximum absolute atomic E-state index is 3.94. The van der Waals surface area contributed by atoms with Crippen molar-refractivity contribution in [3.8, 4) is 0 Å². The molecular weight excluding hydrogens is 706 g/mol. The average Bonchev–Trinajstić information content (AvgIpc) is 4.02. The fraction of sp³-hybridized carbons (Fsp3) is 0.878. The number of fused-ring (bicyclic) bond motifs is 10. The van der Waals surface area contributed by atoms with Crippen molar-refractivity contribution in [3.63, 3.8) is 0 Å². The van der Waals surface area contributed by atoms with E-state index in [2.05, 4.69) is 78.8 Å². The monoisotopic (exact) mass is 776 g/mol. The normalized spacial score (nSPS) is 73.0. The van der Waals surface area contributed by atoms with Gasteiger partial charge in [-0.05, 0) is 0 Å². The van der Waals surface area contributed by atoms with E-state index in [1.54, 1.807) is 82.4 Å². The Balaban J connectivity index is 0.872. The van der Waals surface area contributed by atoms with E-state index in [-0.39, 0.29) is 15.8 Å². The SMILES string of the molecule is CC(C[C]12[CH]3[C]4(CP(C5C6CC7CC(C6)CC5C7)C5C6CC7CC(C6)CC5C7)[C]5(CP(C(C)(C)C)C(C)(C)C)[CH]1[Fe]32451678[CH]2[CH]1[CH]6[CH]7[CH]28)c1ccccc1. The molecule has 1 aromatic rings. The Bertz CT molecular complexity index is 2180. The van der Waals surface area contributed by atoms with Crippen LogP contribution >= 0.6 is 15.8 Å². The summed E-state index contributed by atoms with van der Waals surface area (Å²) in [6.07, 6.45) is 22.3. The third kappa shape index (κ3) is 1.05. The molecule has 19 rings (SSSR count). The van der Waals surface area contributed by atoms with Crippen LogP contribution in [0, 0.1) is 47.3 Å². The van der Waals surface area contributed by atoms with E-state index in [0.29, 0.717) is 10.3 Å². The fourth-order valence-corrected chi connectivity index (χ4v) is 127. The molecule has 10 aliphatic heterocycles. The van der Waals surface area contributed by atoms with Gasteiger partial charge in [0.05, 0.1) is 0 Å². The first-order chi connectivity index (χ1) is 24.6. The molecule has 52 heavy (non-hydrogen) atoms. The molecule has 1 aromatic carbocycles. The van der Waals surface area contributed by atoms with Crippen LogP contribution in [0.2, 0.25) is 46.7 Å². The molecule has 1 spiro atoms. The summed E-state index contributed by atoms with van der Waals surface area (Å²) in [4.78, 5) is 9.90. The third-order valence-electron chi connectivity index (χ3n) is 29.4. The summed E-state index contributed by atoms with van der Waals surface area (Å²) in [5.74, 6) is 10.1. The van der Waals surface area contributed by atoms with Crippen molar-refractivity contribution in [2.45, 2.75) is 193 Å². The van der Waals surface area contributed by atoms with Gasteiger partial charge in [-0.3, -0.25) is 0 Å². The number of rotatable bonds is 9. The van der Waals surface area contributed by atoms with Crippen LogP contribution < -0.4 is 0 Å². The van der Waals surface area contributed by atoms with Gasteiger partial charge in [0.25, 0.3) is 0 Å².